The number of hydrogen-bond donors (Lipinski definition) is 2. The van der Waals surface area contributed by atoms with E-state index in [0.717, 1.165) is 19.4 Å². The molecular weight excluding hydrogens is 274 g/mol. The van der Waals surface area contributed by atoms with Gasteiger partial charge in [-0.2, -0.15) is 0 Å². The van der Waals surface area contributed by atoms with Crippen LogP contribution in [0.5, 0.6) is 0 Å². The van der Waals surface area contributed by atoms with Crippen molar-refractivity contribution >= 4 is 5.91 Å². The molecular formula is C18H31N3O. The average molecular weight is 305 g/mol. The summed E-state index contributed by atoms with van der Waals surface area (Å²) in [7, 11) is 0. The summed E-state index contributed by atoms with van der Waals surface area (Å²) in [6.07, 6.45) is 15.7. The number of allylic oxidation sites excluding steroid dienone is 1. The van der Waals surface area contributed by atoms with E-state index in [1.165, 1.54) is 58.0 Å². The molecule has 3 rings (SSSR count). The fourth-order valence-corrected chi connectivity index (χ4v) is 4.18. The van der Waals surface area contributed by atoms with Crippen LogP contribution in [0.25, 0.3) is 0 Å². The lowest BCUT2D eigenvalue weighted by Crippen LogP contribution is -2.50. The molecule has 0 aromatic carbocycles. The molecule has 4 nitrogen and oxygen atoms in total. The lowest BCUT2D eigenvalue weighted by molar-refractivity contribution is -0.121. The molecule has 124 valence electrons. The summed E-state index contributed by atoms with van der Waals surface area (Å²) in [5, 5.41) is 3.54. The van der Waals surface area contributed by atoms with Crippen molar-refractivity contribution in [2.75, 3.05) is 19.6 Å². The van der Waals surface area contributed by atoms with Crippen LogP contribution in [0.2, 0.25) is 0 Å². The normalized spacial score (nSPS) is 39.1. The molecule has 0 aromatic heterocycles. The van der Waals surface area contributed by atoms with Crippen LogP contribution in [0, 0.1) is 5.92 Å². The molecule has 3 aliphatic rings. The number of hydrogen-bond acceptors (Lipinski definition) is 3. The van der Waals surface area contributed by atoms with Crippen molar-refractivity contribution in [3.63, 3.8) is 0 Å². The summed E-state index contributed by atoms with van der Waals surface area (Å²) in [5.74, 6) is 0.140. The quantitative estimate of drug-likeness (QED) is 0.730. The first-order chi connectivity index (χ1) is 10.7. The van der Waals surface area contributed by atoms with Gasteiger partial charge in [0.15, 0.2) is 0 Å². The van der Waals surface area contributed by atoms with Gasteiger partial charge in [0, 0.05) is 18.5 Å². The van der Waals surface area contributed by atoms with Gasteiger partial charge in [-0.3, -0.25) is 9.69 Å². The van der Waals surface area contributed by atoms with Crippen LogP contribution in [-0.4, -0.2) is 42.0 Å². The van der Waals surface area contributed by atoms with Gasteiger partial charge in [0.1, 0.15) is 5.54 Å². The topological polar surface area (TPSA) is 58.4 Å². The highest BCUT2D eigenvalue weighted by molar-refractivity contribution is 5.89. The van der Waals surface area contributed by atoms with Gasteiger partial charge in [-0.15, -0.1) is 0 Å². The molecule has 2 aliphatic heterocycles. The maximum Gasteiger partial charge on any atom is 0.238 e. The molecule has 1 aliphatic carbocycles. The molecule has 1 saturated carbocycles. The Morgan fingerprint density at radius 1 is 1.14 bits per heavy atom. The van der Waals surface area contributed by atoms with Crippen molar-refractivity contribution < 1.29 is 4.79 Å². The van der Waals surface area contributed by atoms with E-state index in [1.807, 2.05) is 0 Å². The molecule has 3 unspecified atom stereocenters. The predicted molar refractivity (Wildman–Crippen MR) is 89.5 cm³/mol. The molecule has 1 saturated heterocycles. The van der Waals surface area contributed by atoms with Gasteiger partial charge in [-0.25, -0.2) is 0 Å². The highest BCUT2D eigenvalue weighted by atomic mass is 16.1. The fraction of sp³-hybridized carbons (Fsp3) is 0.833. The minimum Gasteiger partial charge on any atom is -0.368 e. The zero-order valence-corrected chi connectivity index (χ0v) is 13.7. The van der Waals surface area contributed by atoms with Crippen LogP contribution in [0.3, 0.4) is 0 Å². The predicted octanol–water partition coefficient (Wildman–Crippen LogP) is 2.19. The first-order valence-corrected chi connectivity index (χ1v) is 9.18. The molecule has 3 N–H and O–H groups in total. The van der Waals surface area contributed by atoms with Crippen LogP contribution >= 0.6 is 0 Å². The number of carbonyl (C=O) groups excluding carboxylic acids is 1. The maximum atomic E-state index is 11.9. The SMILES string of the molecule is NC(=O)C12CC1/C=C/CCCCCCCN1CCCC1CN2. The van der Waals surface area contributed by atoms with Crippen molar-refractivity contribution in [1.29, 1.82) is 0 Å². The minimum atomic E-state index is -0.453. The summed E-state index contributed by atoms with van der Waals surface area (Å²) >= 11 is 0. The van der Waals surface area contributed by atoms with Gasteiger partial charge in [-0.1, -0.05) is 31.4 Å². The highest BCUT2D eigenvalue weighted by Gasteiger charge is 2.57. The second-order valence-corrected chi connectivity index (χ2v) is 7.34. The number of fused-ring (bicyclic) bond motifs is 2. The van der Waals surface area contributed by atoms with Gasteiger partial charge in [0.2, 0.25) is 5.91 Å². The average Bonchev–Trinajstić information content (AvgIpc) is 3.04. The van der Waals surface area contributed by atoms with E-state index in [-0.39, 0.29) is 5.91 Å². The first kappa shape index (κ1) is 16.0. The van der Waals surface area contributed by atoms with Crippen molar-refractivity contribution in [2.24, 2.45) is 11.7 Å². The Hall–Kier alpha value is -0.870. The molecule has 22 heavy (non-hydrogen) atoms. The summed E-state index contributed by atoms with van der Waals surface area (Å²) in [4.78, 5) is 14.5. The molecule has 1 amide bonds. The zero-order valence-electron chi connectivity index (χ0n) is 13.7. The Morgan fingerprint density at radius 2 is 1.91 bits per heavy atom. The van der Waals surface area contributed by atoms with Crippen LogP contribution in [0.1, 0.15) is 57.8 Å². The number of amides is 1. The van der Waals surface area contributed by atoms with Gasteiger partial charge in [0.05, 0.1) is 0 Å². The Labute approximate surface area is 134 Å². The standard InChI is InChI=1S/C18H31N3O/c19-17(22)18-13-15(18)9-6-4-2-1-3-5-7-11-21-12-8-10-16(21)14-20-18/h6,9,15-16,20H,1-5,7-8,10-14H2,(H2,19,22)/b9-6+. The Balaban J connectivity index is 1.64. The molecule has 0 spiro atoms. The third kappa shape index (κ3) is 3.54. The van der Waals surface area contributed by atoms with Gasteiger partial charge >= 0.3 is 0 Å². The van der Waals surface area contributed by atoms with E-state index in [1.54, 1.807) is 0 Å². The Morgan fingerprint density at radius 3 is 2.77 bits per heavy atom. The van der Waals surface area contributed by atoms with Crippen LogP contribution in [0.4, 0.5) is 0 Å². The fourth-order valence-electron chi connectivity index (χ4n) is 4.18. The summed E-state index contributed by atoms with van der Waals surface area (Å²) in [5.41, 5.74) is 5.24. The van der Waals surface area contributed by atoms with E-state index in [4.69, 9.17) is 5.73 Å². The van der Waals surface area contributed by atoms with E-state index in [9.17, 15) is 4.79 Å². The number of rotatable bonds is 1. The molecule has 2 fully saturated rings. The number of primary amides is 1. The van der Waals surface area contributed by atoms with E-state index in [0.29, 0.717) is 12.0 Å². The minimum absolute atomic E-state index is 0.170. The zero-order chi connectivity index (χ0) is 15.4. The van der Waals surface area contributed by atoms with E-state index >= 15 is 0 Å². The Bertz CT molecular complexity index is 423. The molecule has 0 radical (unpaired) electrons. The van der Waals surface area contributed by atoms with Crippen molar-refractivity contribution in [2.45, 2.75) is 69.4 Å². The lowest BCUT2D eigenvalue weighted by atomic mass is 10.1. The smallest absolute Gasteiger partial charge is 0.238 e. The molecule has 3 atom stereocenters. The number of nitrogens with one attached hydrogen (secondary N) is 1. The van der Waals surface area contributed by atoms with Crippen molar-refractivity contribution in [3.05, 3.63) is 12.2 Å². The Kier molecular flexibility index (Phi) is 5.19. The largest absolute Gasteiger partial charge is 0.368 e. The third-order valence-electron chi connectivity index (χ3n) is 5.79. The maximum absolute atomic E-state index is 11.9. The van der Waals surface area contributed by atoms with Gasteiger partial charge < -0.3 is 11.1 Å². The summed E-state index contributed by atoms with van der Waals surface area (Å²) < 4.78 is 0. The second kappa shape index (κ2) is 7.14. The third-order valence-corrected chi connectivity index (χ3v) is 5.79. The number of nitrogens with two attached hydrogens (primary N) is 1. The lowest BCUT2D eigenvalue weighted by Gasteiger charge is -2.26. The monoisotopic (exact) mass is 305 g/mol. The van der Waals surface area contributed by atoms with Crippen LogP contribution in [0.15, 0.2) is 12.2 Å². The molecule has 4 heteroatoms. The first-order valence-electron chi connectivity index (χ1n) is 9.18. The van der Waals surface area contributed by atoms with Crippen molar-refractivity contribution in [1.82, 2.24) is 10.2 Å². The second-order valence-electron chi connectivity index (χ2n) is 7.34. The molecule has 2 heterocycles. The van der Waals surface area contributed by atoms with Gasteiger partial charge in [0.25, 0.3) is 0 Å². The van der Waals surface area contributed by atoms with Crippen LogP contribution in [-0.2, 0) is 4.79 Å². The van der Waals surface area contributed by atoms with Crippen molar-refractivity contribution in [3.8, 4) is 0 Å². The summed E-state index contributed by atoms with van der Waals surface area (Å²) in [6, 6.07) is 0.589. The summed E-state index contributed by atoms with van der Waals surface area (Å²) in [6.45, 7) is 3.35. The van der Waals surface area contributed by atoms with Crippen LogP contribution < -0.4 is 11.1 Å². The van der Waals surface area contributed by atoms with Gasteiger partial charge in [-0.05, 0) is 51.6 Å². The number of nitrogens with zero attached hydrogens (tertiary/aromatic N) is 1. The molecule has 0 aromatic rings. The number of carbonyl (C=O) groups is 1. The van der Waals surface area contributed by atoms with E-state index in [2.05, 4.69) is 22.4 Å². The molecule has 0 bridgehead atoms. The highest BCUT2D eigenvalue weighted by Crippen LogP contribution is 2.44. The van der Waals surface area contributed by atoms with E-state index < -0.39 is 5.54 Å².